The lowest BCUT2D eigenvalue weighted by Crippen LogP contribution is -2.16. The third-order valence-electron chi connectivity index (χ3n) is 2.37. The molecule has 1 aromatic carbocycles. The van der Waals surface area contributed by atoms with E-state index < -0.39 is 0 Å². The van der Waals surface area contributed by atoms with E-state index in [2.05, 4.69) is 15.1 Å². The van der Waals surface area contributed by atoms with Gasteiger partial charge in [0.2, 0.25) is 5.88 Å². The van der Waals surface area contributed by atoms with Gasteiger partial charge >= 0.3 is 0 Å². The number of hydrogen-bond donors (Lipinski definition) is 2. The van der Waals surface area contributed by atoms with Crippen molar-refractivity contribution in [3.05, 3.63) is 42.4 Å². The molecule has 0 aliphatic rings. The zero-order valence-corrected chi connectivity index (χ0v) is 10.9. The maximum Gasteiger partial charge on any atom is 0.249 e. The number of benzene rings is 1. The topological polar surface area (TPSA) is 103 Å². The predicted molar refractivity (Wildman–Crippen MR) is 72.2 cm³/mol. The number of ether oxygens (including phenoxy) is 2. The van der Waals surface area contributed by atoms with E-state index in [1.54, 1.807) is 18.2 Å². The van der Waals surface area contributed by atoms with Crippen LogP contribution in [-0.4, -0.2) is 27.6 Å². The fourth-order valence-electron chi connectivity index (χ4n) is 1.54. The molecule has 0 saturated heterocycles. The van der Waals surface area contributed by atoms with Gasteiger partial charge < -0.3 is 20.4 Å². The van der Waals surface area contributed by atoms with Gasteiger partial charge in [-0.25, -0.2) is 9.97 Å². The lowest BCUT2D eigenvalue weighted by molar-refractivity contribution is 0.316. The van der Waals surface area contributed by atoms with Crippen LogP contribution in [0.4, 0.5) is 0 Å². The molecule has 7 heteroatoms. The molecule has 0 fully saturated rings. The Morgan fingerprint density at radius 2 is 1.95 bits per heavy atom. The fraction of sp³-hybridized carbons (Fsp3) is 0.154. The molecule has 0 aliphatic heterocycles. The van der Waals surface area contributed by atoms with Gasteiger partial charge in [-0.1, -0.05) is 17.3 Å². The quantitative estimate of drug-likeness (QED) is 0.373. The van der Waals surface area contributed by atoms with Crippen LogP contribution in [0.2, 0.25) is 0 Å². The second-order valence-electron chi connectivity index (χ2n) is 3.68. The Morgan fingerprint density at radius 1 is 1.25 bits per heavy atom. The van der Waals surface area contributed by atoms with E-state index in [0.29, 0.717) is 18.1 Å². The van der Waals surface area contributed by atoms with Crippen LogP contribution in [0.15, 0.2) is 41.8 Å². The third kappa shape index (κ3) is 2.94. The molecule has 1 aromatic heterocycles. The van der Waals surface area contributed by atoms with E-state index in [1.807, 2.05) is 13.0 Å². The van der Waals surface area contributed by atoms with Gasteiger partial charge in [-0.2, -0.15) is 0 Å². The number of hydrogen-bond acceptors (Lipinski definition) is 6. The first-order chi connectivity index (χ1) is 9.76. The van der Waals surface area contributed by atoms with Gasteiger partial charge in [-0.3, -0.25) is 0 Å². The number of nitrogens with zero attached hydrogens (tertiary/aromatic N) is 3. The van der Waals surface area contributed by atoms with Crippen LogP contribution < -0.4 is 15.2 Å². The summed E-state index contributed by atoms with van der Waals surface area (Å²) < 4.78 is 11.1. The molecule has 0 unspecified atom stereocenters. The van der Waals surface area contributed by atoms with E-state index in [1.165, 1.54) is 12.4 Å². The van der Waals surface area contributed by atoms with Crippen molar-refractivity contribution in [2.75, 3.05) is 6.61 Å². The second-order valence-corrected chi connectivity index (χ2v) is 3.68. The van der Waals surface area contributed by atoms with Crippen LogP contribution in [0, 0.1) is 0 Å². The molecule has 0 radical (unpaired) electrons. The van der Waals surface area contributed by atoms with Gasteiger partial charge in [0, 0.05) is 12.4 Å². The van der Waals surface area contributed by atoms with Crippen LogP contribution in [0.25, 0.3) is 0 Å². The smallest absolute Gasteiger partial charge is 0.249 e. The lowest BCUT2D eigenvalue weighted by Gasteiger charge is -2.11. The summed E-state index contributed by atoms with van der Waals surface area (Å²) in [7, 11) is 0. The number of oxime groups is 1. The molecule has 104 valence electrons. The van der Waals surface area contributed by atoms with Crippen LogP contribution in [0.3, 0.4) is 0 Å². The van der Waals surface area contributed by atoms with Gasteiger partial charge in [-0.05, 0) is 19.1 Å². The van der Waals surface area contributed by atoms with Crippen molar-refractivity contribution >= 4 is 5.84 Å². The molecule has 0 atom stereocenters. The molecular formula is C13H14N4O3. The predicted octanol–water partition coefficient (Wildman–Crippen LogP) is 1.76. The highest BCUT2D eigenvalue weighted by Gasteiger charge is 2.14. The summed E-state index contributed by atoms with van der Waals surface area (Å²) in [6.45, 7) is 2.38. The van der Waals surface area contributed by atoms with Crippen molar-refractivity contribution in [2.24, 2.45) is 10.9 Å². The zero-order chi connectivity index (χ0) is 14.4. The highest BCUT2D eigenvalue weighted by molar-refractivity contribution is 5.97. The van der Waals surface area contributed by atoms with Crippen molar-refractivity contribution in [1.82, 2.24) is 9.97 Å². The fourth-order valence-corrected chi connectivity index (χ4v) is 1.54. The second kappa shape index (κ2) is 6.37. The number of amidine groups is 1. The van der Waals surface area contributed by atoms with E-state index in [9.17, 15) is 0 Å². The van der Waals surface area contributed by atoms with Gasteiger partial charge in [-0.15, -0.1) is 0 Å². The number of aromatic nitrogens is 2. The minimum atomic E-state index is -0.179. The molecule has 7 nitrogen and oxygen atoms in total. The number of para-hydroxylation sites is 2. The summed E-state index contributed by atoms with van der Waals surface area (Å²) in [6.07, 6.45) is 2.88. The van der Waals surface area contributed by atoms with Crippen molar-refractivity contribution in [3.63, 3.8) is 0 Å². The molecule has 0 spiro atoms. The minimum absolute atomic E-state index is 0.134. The molecule has 0 bridgehead atoms. The summed E-state index contributed by atoms with van der Waals surface area (Å²) in [4.78, 5) is 8.01. The normalized spacial score (nSPS) is 11.2. The Morgan fingerprint density at radius 3 is 2.65 bits per heavy atom. The minimum Gasteiger partial charge on any atom is -0.490 e. The van der Waals surface area contributed by atoms with E-state index in [4.69, 9.17) is 20.4 Å². The average molecular weight is 274 g/mol. The third-order valence-corrected chi connectivity index (χ3v) is 2.37. The molecule has 0 amide bonds. The summed E-state index contributed by atoms with van der Waals surface area (Å²) in [5.74, 6) is 1.00. The SMILES string of the molecule is CCOc1ccccc1Oc1nccnc1C(N)=NO. The summed E-state index contributed by atoms with van der Waals surface area (Å²) in [6, 6.07) is 7.14. The van der Waals surface area contributed by atoms with E-state index in [-0.39, 0.29) is 17.4 Å². The zero-order valence-electron chi connectivity index (χ0n) is 10.9. The van der Waals surface area contributed by atoms with Crippen LogP contribution in [0.5, 0.6) is 17.4 Å². The summed E-state index contributed by atoms with van der Waals surface area (Å²) >= 11 is 0. The van der Waals surface area contributed by atoms with Gasteiger partial charge in [0.05, 0.1) is 6.61 Å². The Labute approximate surface area is 115 Å². The van der Waals surface area contributed by atoms with E-state index in [0.717, 1.165) is 0 Å². The average Bonchev–Trinajstić information content (AvgIpc) is 2.49. The van der Waals surface area contributed by atoms with Crippen molar-refractivity contribution < 1.29 is 14.7 Å². The van der Waals surface area contributed by atoms with Gasteiger partial charge in [0.15, 0.2) is 23.0 Å². The van der Waals surface area contributed by atoms with Crippen molar-refractivity contribution in [2.45, 2.75) is 6.92 Å². The number of rotatable bonds is 5. The summed E-state index contributed by atoms with van der Waals surface area (Å²) in [5.41, 5.74) is 5.69. The maximum atomic E-state index is 8.73. The first-order valence-electron chi connectivity index (χ1n) is 5.94. The molecular weight excluding hydrogens is 260 g/mol. The Kier molecular flexibility index (Phi) is 4.33. The summed E-state index contributed by atoms with van der Waals surface area (Å²) in [5, 5.41) is 11.6. The monoisotopic (exact) mass is 274 g/mol. The lowest BCUT2D eigenvalue weighted by atomic mass is 10.3. The maximum absolute atomic E-state index is 8.73. The largest absolute Gasteiger partial charge is 0.490 e. The standard InChI is InChI=1S/C13H14N4O3/c1-2-19-9-5-3-4-6-10(9)20-13-11(12(14)17-18)15-7-8-16-13/h3-8,18H,2H2,1H3,(H2,14,17). The van der Waals surface area contributed by atoms with E-state index >= 15 is 0 Å². The molecule has 20 heavy (non-hydrogen) atoms. The Hall–Kier alpha value is -2.83. The molecule has 1 heterocycles. The highest BCUT2D eigenvalue weighted by atomic mass is 16.5. The van der Waals surface area contributed by atoms with Crippen molar-refractivity contribution in [3.8, 4) is 17.4 Å². The van der Waals surface area contributed by atoms with Gasteiger partial charge in [0.1, 0.15) is 0 Å². The Bertz CT molecular complexity index is 616. The number of nitrogens with two attached hydrogens (primary N) is 1. The molecule has 0 aliphatic carbocycles. The first-order valence-corrected chi connectivity index (χ1v) is 5.94. The molecule has 2 aromatic rings. The molecule has 0 saturated carbocycles. The van der Waals surface area contributed by atoms with Crippen molar-refractivity contribution in [1.29, 1.82) is 0 Å². The molecule has 3 N–H and O–H groups in total. The van der Waals surface area contributed by atoms with Crippen LogP contribution >= 0.6 is 0 Å². The van der Waals surface area contributed by atoms with Crippen LogP contribution in [0.1, 0.15) is 12.6 Å². The first kappa shape index (κ1) is 13.6. The van der Waals surface area contributed by atoms with Gasteiger partial charge in [0.25, 0.3) is 0 Å². The molecule has 2 rings (SSSR count). The highest BCUT2D eigenvalue weighted by Crippen LogP contribution is 2.31. The van der Waals surface area contributed by atoms with Crippen LogP contribution in [-0.2, 0) is 0 Å². The Balaban J connectivity index is 2.36.